The number of furan rings is 1. The molecule has 0 aliphatic rings. The van der Waals surface area contributed by atoms with E-state index in [4.69, 9.17) is 9.56 Å². The number of alkyl halides is 2. The highest BCUT2D eigenvalue weighted by atomic mass is 32.2. The van der Waals surface area contributed by atoms with E-state index in [0.717, 1.165) is 0 Å². The molecule has 0 saturated carbocycles. The molecule has 0 bridgehead atoms. The van der Waals surface area contributed by atoms with Crippen molar-refractivity contribution in [3.05, 3.63) is 17.9 Å². The first kappa shape index (κ1) is 12.1. The molecule has 0 atom stereocenters. The Balaban J connectivity index is 2.54. The van der Waals surface area contributed by atoms with Crippen LogP contribution >= 0.6 is 0 Å². The van der Waals surface area contributed by atoms with Crippen LogP contribution < -0.4 is 10.5 Å². The molecule has 3 N–H and O–H groups in total. The Hall–Kier alpha value is -0.990. The number of hydrogen-bond donors (Lipinski definition) is 2. The van der Waals surface area contributed by atoms with Crippen LogP contribution in [-0.4, -0.2) is 21.4 Å². The van der Waals surface area contributed by atoms with Crippen LogP contribution in [0.25, 0.3) is 0 Å². The van der Waals surface area contributed by atoms with Gasteiger partial charge in [-0.05, 0) is 12.1 Å². The van der Waals surface area contributed by atoms with E-state index in [1.54, 1.807) is 0 Å². The average molecular weight is 240 g/mol. The van der Waals surface area contributed by atoms with Gasteiger partial charge in [0.05, 0.1) is 13.1 Å². The van der Waals surface area contributed by atoms with E-state index in [1.807, 2.05) is 0 Å². The van der Waals surface area contributed by atoms with Gasteiger partial charge in [-0.15, -0.1) is 0 Å². The fourth-order valence-electron chi connectivity index (χ4n) is 0.911. The molecule has 0 aliphatic heterocycles. The van der Waals surface area contributed by atoms with Gasteiger partial charge in [0.1, 0.15) is 5.76 Å². The average Bonchev–Trinajstić information content (AvgIpc) is 2.51. The minimum Gasteiger partial charge on any atom is -0.447 e. The number of hydrogen-bond acceptors (Lipinski definition) is 4. The van der Waals surface area contributed by atoms with E-state index < -0.39 is 23.0 Å². The molecule has 86 valence electrons. The third-order valence-corrected chi connectivity index (χ3v) is 2.30. The molecule has 1 heterocycles. The highest BCUT2D eigenvalue weighted by Gasteiger charge is 2.13. The lowest BCUT2D eigenvalue weighted by molar-refractivity contribution is 0.144. The standard InChI is InChI=1S/C7H10F2N2O3S/c8-6(9)4-11-3-5-1-2-7(14-5)15(10,12)13/h1-2,6,11H,3-4H2,(H2,10,12,13). The second-order valence-corrected chi connectivity index (χ2v) is 4.28. The maximum atomic E-state index is 11.7. The molecule has 0 radical (unpaired) electrons. The first-order valence-corrected chi connectivity index (χ1v) is 5.54. The first-order valence-electron chi connectivity index (χ1n) is 4.00. The topological polar surface area (TPSA) is 85.3 Å². The van der Waals surface area contributed by atoms with Gasteiger partial charge < -0.3 is 9.73 Å². The molecular formula is C7H10F2N2O3S. The quantitative estimate of drug-likeness (QED) is 0.774. The van der Waals surface area contributed by atoms with Crippen LogP contribution in [0, 0.1) is 0 Å². The maximum Gasteiger partial charge on any atom is 0.271 e. The van der Waals surface area contributed by atoms with Gasteiger partial charge in [0, 0.05) is 0 Å². The van der Waals surface area contributed by atoms with Crippen LogP contribution in [0.2, 0.25) is 0 Å². The van der Waals surface area contributed by atoms with E-state index in [1.165, 1.54) is 12.1 Å². The van der Waals surface area contributed by atoms with Gasteiger partial charge in [0.2, 0.25) is 5.09 Å². The summed E-state index contributed by atoms with van der Waals surface area (Å²) in [5.74, 6) is 0.236. The number of nitrogens with two attached hydrogens (primary N) is 1. The number of nitrogens with one attached hydrogen (secondary N) is 1. The fraction of sp³-hybridized carbons (Fsp3) is 0.429. The van der Waals surface area contributed by atoms with E-state index in [9.17, 15) is 17.2 Å². The lowest BCUT2D eigenvalue weighted by Gasteiger charge is -2.00. The van der Waals surface area contributed by atoms with Gasteiger partial charge in [0.25, 0.3) is 16.4 Å². The molecule has 0 aliphatic carbocycles. The predicted octanol–water partition coefficient (Wildman–Crippen LogP) is 0.282. The maximum absolute atomic E-state index is 11.7. The van der Waals surface area contributed by atoms with Gasteiger partial charge >= 0.3 is 0 Å². The van der Waals surface area contributed by atoms with Crippen LogP contribution in [0.1, 0.15) is 5.76 Å². The van der Waals surface area contributed by atoms with Crippen molar-refractivity contribution in [1.29, 1.82) is 0 Å². The Morgan fingerprint density at radius 1 is 1.47 bits per heavy atom. The van der Waals surface area contributed by atoms with Crippen LogP contribution in [0.5, 0.6) is 0 Å². The monoisotopic (exact) mass is 240 g/mol. The summed E-state index contributed by atoms with van der Waals surface area (Å²) < 4.78 is 49.8. The molecule has 0 aromatic carbocycles. The number of halogens is 2. The molecule has 8 heteroatoms. The summed E-state index contributed by atoms with van der Waals surface area (Å²) >= 11 is 0. The molecule has 15 heavy (non-hydrogen) atoms. The van der Waals surface area contributed by atoms with Gasteiger partial charge in [-0.1, -0.05) is 0 Å². The summed E-state index contributed by atoms with van der Waals surface area (Å²) in [7, 11) is -3.87. The fourth-order valence-corrected chi connectivity index (χ4v) is 1.39. The highest BCUT2D eigenvalue weighted by molar-refractivity contribution is 7.89. The molecule has 0 unspecified atom stereocenters. The molecule has 1 aromatic rings. The Kier molecular flexibility index (Phi) is 3.77. The minimum atomic E-state index is -3.87. The Morgan fingerprint density at radius 2 is 2.13 bits per heavy atom. The van der Waals surface area contributed by atoms with Crippen molar-refractivity contribution in [1.82, 2.24) is 5.32 Å². The third kappa shape index (κ3) is 3.94. The summed E-state index contributed by atoms with van der Waals surface area (Å²) in [6.45, 7) is -0.453. The summed E-state index contributed by atoms with van der Waals surface area (Å²) in [6, 6.07) is 2.53. The summed E-state index contributed by atoms with van der Waals surface area (Å²) in [5, 5.41) is 6.79. The summed E-state index contributed by atoms with van der Waals surface area (Å²) in [6.07, 6.45) is -2.46. The molecule has 0 spiro atoms. The second-order valence-electron chi connectivity index (χ2n) is 2.79. The molecule has 1 rings (SSSR count). The van der Waals surface area contributed by atoms with Gasteiger partial charge in [0.15, 0.2) is 0 Å². The van der Waals surface area contributed by atoms with Gasteiger partial charge in [-0.25, -0.2) is 22.3 Å². The SMILES string of the molecule is NS(=O)(=O)c1ccc(CNCC(F)F)o1. The van der Waals surface area contributed by atoms with Crippen LogP contribution in [0.3, 0.4) is 0 Å². The van der Waals surface area contributed by atoms with Crippen molar-refractivity contribution < 1.29 is 21.6 Å². The van der Waals surface area contributed by atoms with E-state index in [-0.39, 0.29) is 17.4 Å². The number of rotatable bonds is 5. The molecule has 0 amide bonds. The Bertz CT molecular complexity index is 416. The van der Waals surface area contributed by atoms with Gasteiger partial charge in [-0.2, -0.15) is 0 Å². The van der Waals surface area contributed by atoms with Crippen LogP contribution in [0.4, 0.5) is 8.78 Å². The Labute approximate surface area is 85.3 Å². The van der Waals surface area contributed by atoms with Crippen LogP contribution in [-0.2, 0) is 16.6 Å². The lowest BCUT2D eigenvalue weighted by atomic mass is 10.4. The molecule has 1 aromatic heterocycles. The normalized spacial score (nSPS) is 12.3. The predicted molar refractivity (Wildman–Crippen MR) is 47.8 cm³/mol. The van der Waals surface area contributed by atoms with Crippen molar-refractivity contribution in [2.24, 2.45) is 5.14 Å². The molecular weight excluding hydrogens is 230 g/mol. The highest BCUT2D eigenvalue weighted by Crippen LogP contribution is 2.11. The van der Waals surface area contributed by atoms with Crippen molar-refractivity contribution in [3.8, 4) is 0 Å². The minimum absolute atomic E-state index is 0.0276. The zero-order chi connectivity index (χ0) is 11.5. The van der Waals surface area contributed by atoms with Crippen molar-refractivity contribution in [3.63, 3.8) is 0 Å². The lowest BCUT2D eigenvalue weighted by Crippen LogP contribution is -2.20. The first-order chi connectivity index (χ1) is 6.89. The smallest absolute Gasteiger partial charge is 0.271 e. The van der Waals surface area contributed by atoms with E-state index in [2.05, 4.69) is 5.32 Å². The zero-order valence-electron chi connectivity index (χ0n) is 7.61. The van der Waals surface area contributed by atoms with Crippen molar-refractivity contribution >= 4 is 10.0 Å². The zero-order valence-corrected chi connectivity index (χ0v) is 8.43. The summed E-state index contributed by atoms with van der Waals surface area (Å²) in [5.41, 5.74) is 0. The van der Waals surface area contributed by atoms with Crippen molar-refractivity contribution in [2.75, 3.05) is 6.54 Å². The van der Waals surface area contributed by atoms with Crippen molar-refractivity contribution in [2.45, 2.75) is 18.1 Å². The number of primary sulfonamides is 1. The summed E-state index contributed by atoms with van der Waals surface area (Å²) in [4.78, 5) is 0. The third-order valence-electron chi connectivity index (χ3n) is 1.52. The van der Waals surface area contributed by atoms with E-state index >= 15 is 0 Å². The molecule has 0 fully saturated rings. The molecule has 5 nitrogen and oxygen atoms in total. The Morgan fingerprint density at radius 3 is 2.60 bits per heavy atom. The van der Waals surface area contributed by atoms with E-state index in [0.29, 0.717) is 0 Å². The van der Waals surface area contributed by atoms with Gasteiger partial charge in [-0.3, -0.25) is 0 Å². The second kappa shape index (κ2) is 4.69. The largest absolute Gasteiger partial charge is 0.447 e. The number of sulfonamides is 1. The van der Waals surface area contributed by atoms with Crippen LogP contribution in [0.15, 0.2) is 21.6 Å². The molecule has 0 saturated heterocycles.